The molecule has 0 heterocycles. The van der Waals surface area contributed by atoms with Crippen LogP contribution in [0.3, 0.4) is 0 Å². The van der Waals surface area contributed by atoms with Gasteiger partial charge in [0.05, 0.1) is 0 Å². The number of halogens is 2. The molecule has 0 aromatic heterocycles. The van der Waals surface area contributed by atoms with Gasteiger partial charge in [-0.2, -0.15) is 0 Å². The standard InChI is InChI=1S/C14H17Cl2NO/c1-9-8-10(15)6-7-12(9)13(16)14(18)17-11-4-2-3-5-11/h6-8,11,13H,2-5H2,1H3,(H,17,18). The molecule has 1 aromatic carbocycles. The van der Waals surface area contributed by atoms with Crippen LogP contribution < -0.4 is 5.32 Å². The van der Waals surface area contributed by atoms with Gasteiger partial charge >= 0.3 is 0 Å². The highest BCUT2D eigenvalue weighted by Gasteiger charge is 2.24. The van der Waals surface area contributed by atoms with Crippen molar-refractivity contribution in [3.63, 3.8) is 0 Å². The summed E-state index contributed by atoms with van der Waals surface area (Å²) in [6.45, 7) is 1.92. The van der Waals surface area contributed by atoms with Gasteiger partial charge in [0.2, 0.25) is 5.91 Å². The highest BCUT2D eigenvalue weighted by Crippen LogP contribution is 2.27. The molecule has 1 aliphatic rings. The van der Waals surface area contributed by atoms with Crippen LogP contribution in [-0.2, 0) is 4.79 Å². The largest absolute Gasteiger partial charge is 0.352 e. The molecule has 2 rings (SSSR count). The lowest BCUT2D eigenvalue weighted by atomic mass is 10.0. The Bertz CT molecular complexity index is 441. The van der Waals surface area contributed by atoms with E-state index in [2.05, 4.69) is 5.32 Å². The van der Waals surface area contributed by atoms with Gasteiger partial charge in [-0.15, -0.1) is 11.6 Å². The lowest BCUT2D eigenvalue weighted by Gasteiger charge is -2.17. The van der Waals surface area contributed by atoms with Crippen molar-refractivity contribution in [1.82, 2.24) is 5.32 Å². The zero-order valence-electron chi connectivity index (χ0n) is 10.4. The van der Waals surface area contributed by atoms with Crippen LogP contribution >= 0.6 is 23.2 Å². The van der Waals surface area contributed by atoms with E-state index >= 15 is 0 Å². The molecule has 4 heteroatoms. The summed E-state index contributed by atoms with van der Waals surface area (Å²) in [6.07, 6.45) is 4.51. The van der Waals surface area contributed by atoms with Crippen molar-refractivity contribution in [2.45, 2.75) is 44.0 Å². The third kappa shape index (κ3) is 3.18. The minimum absolute atomic E-state index is 0.103. The fraction of sp³-hybridized carbons (Fsp3) is 0.500. The molecular formula is C14H17Cl2NO. The topological polar surface area (TPSA) is 29.1 Å². The maximum atomic E-state index is 12.1. The molecular weight excluding hydrogens is 269 g/mol. The summed E-state index contributed by atoms with van der Waals surface area (Å²) in [7, 11) is 0. The summed E-state index contributed by atoms with van der Waals surface area (Å²) in [4.78, 5) is 12.1. The molecule has 1 amide bonds. The number of carbonyl (C=O) groups is 1. The van der Waals surface area contributed by atoms with Crippen molar-refractivity contribution in [3.05, 3.63) is 34.3 Å². The Balaban J connectivity index is 2.05. The van der Waals surface area contributed by atoms with E-state index in [0.29, 0.717) is 11.1 Å². The lowest BCUT2D eigenvalue weighted by Crippen LogP contribution is -2.35. The second-order valence-corrected chi connectivity index (χ2v) is 5.73. The maximum Gasteiger partial charge on any atom is 0.242 e. The summed E-state index contributed by atoms with van der Waals surface area (Å²) in [5.74, 6) is -0.103. The number of hydrogen-bond donors (Lipinski definition) is 1. The Kier molecular flexibility index (Phi) is 4.52. The predicted molar refractivity (Wildman–Crippen MR) is 75.2 cm³/mol. The average molecular weight is 286 g/mol. The summed E-state index contributed by atoms with van der Waals surface area (Å²) in [5.41, 5.74) is 1.78. The number of amides is 1. The van der Waals surface area contributed by atoms with E-state index < -0.39 is 5.38 Å². The average Bonchev–Trinajstić information content (AvgIpc) is 2.81. The molecule has 0 radical (unpaired) electrons. The Hall–Kier alpha value is -0.730. The quantitative estimate of drug-likeness (QED) is 0.836. The van der Waals surface area contributed by atoms with Gasteiger partial charge in [0.1, 0.15) is 5.38 Å². The van der Waals surface area contributed by atoms with E-state index in [-0.39, 0.29) is 5.91 Å². The van der Waals surface area contributed by atoms with Crippen LogP contribution in [0.5, 0.6) is 0 Å². The normalized spacial score (nSPS) is 17.7. The molecule has 1 atom stereocenters. The monoisotopic (exact) mass is 285 g/mol. The third-order valence-electron chi connectivity index (χ3n) is 3.44. The molecule has 1 saturated carbocycles. The first-order valence-corrected chi connectivity index (χ1v) is 7.10. The zero-order valence-corrected chi connectivity index (χ0v) is 11.9. The maximum absolute atomic E-state index is 12.1. The number of hydrogen-bond acceptors (Lipinski definition) is 1. The molecule has 1 aliphatic carbocycles. The van der Waals surface area contributed by atoms with Crippen molar-refractivity contribution < 1.29 is 4.79 Å². The number of benzene rings is 1. The number of aryl methyl sites for hydroxylation is 1. The second kappa shape index (κ2) is 5.94. The van der Waals surface area contributed by atoms with Gasteiger partial charge in [-0.3, -0.25) is 4.79 Å². The van der Waals surface area contributed by atoms with Crippen molar-refractivity contribution in [2.24, 2.45) is 0 Å². The van der Waals surface area contributed by atoms with Gasteiger partial charge in [0.25, 0.3) is 0 Å². The van der Waals surface area contributed by atoms with Crippen molar-refractivity contribution in [1.29, 1.82) is 0 Å². The van der Waals surface area contributed by atoms with Crippen LogP contribution in [0.25, 0.3) is 0 Å². The molecule has 0 bridgehead atoms. The van der Waals surface area contributed by atoms with E-state index in [0.717, 1.165) is 24.0 Å². The summed E-state index contributed by atoms with van der Waals surface area (Å²) < 4.78 is 0. The molecule has 0 aliphatic heterocycles. The highest BCUT2D eigenvalue weighted by molar-refractivity contribution is 6.32. The Morgan fingerprint density at radius 3 is 2.67 bits per heavy atom. The third-order valence-corrected chi connectivity index (χ3v) is 4.11. The molecule has 2 nitrogen and oxygen atoms in total. The first-order valence-electron chi connectivity index (χ1n) is 6.28. The van der Waals surface area contributed by atoms with Crippen LogP contribution in [-0.4, -0.2) is 11.9 Å². The molecule has 1 N–H and O–H groups in total. The minimum Gasteiger partial charge on any atom is -0.352 e. The number of nitrogens with one attached hydrogen (secondary N) is 1. The first-order chi connectivity index (χ1) is 8.58. The fourth-order valence-electron chi connectivity index (χ4n) is 2.41. The van der Waals surface area contributed by atoms with E-state index in [1.165, 1.54) is 12.8 Å². The van der Waals surface area contributed by atoms with Crippen molar-refractivity contribution in [2.75, 3.05) is 0 Å². The van der Waals surface area contributed by atoms with Crippen molar-refractivity contribution >= 4 is 29.1 Å². The summed E-state index contributed by atoms with van der Waals surface area (Å²) in [5, 5.41) is 3.04. The smallest absolute Gasteiger partial charge is 0.242 e. The first kappa shape index (κ1) is 13.7. The zero-order chi connectivity index (χ0) is 13.1. The van der Waals surface area contributed by atoms with E-state index in [9.17, 15) is 4.79 Å². The Morgan fingerprint density at radius 2 is 2.06 bits per heavy atom. The van der Waals surface area contributed by atoms with Crippen LogP contribution in [0.15, 0.2) is 18.2 Å². The molecule has 1 fully saturated rings. The van der Waals surface area contributed by atoms with Crippen LogP contribution in [0, 0.1) is 6.92 Å². The van der Waals surface area contributed by atoms with Crippen LogP contribution in [0.4, 0.5) is 0 Å². The minimum atomic E-state index is -0.636. The van der Waals surface area contributed by atoms with E-state index in [1.54, 1.807) is 6.07 Å². The van der Waals surface area contributed by atoms with Gasteiger partial charge in [-0.25, -0.2) is 0 Å². The molecule has 98 valence electrons. The lowest BCUT2D eigenvalue weighted by molar-refractivity contribution is -0.121. The van der Waals surface area contributed by atoms with Gasteiger partial charge < -0.3 is 5.32 Å². The van der Waals surface area contributed by atoms with Crippen LogP contribution in [0.2, 0.25) is 5.02 Å². The predicted octanol–water partition coefficient (Wildman–Crippen LogP) is 3.99. The Morgan fingerprint density at radius 1 is 1.39 bits per heavy atom. The molecule has 18 heavy (non-hydrogen) atoms. The fourth-order valence-corrected chi connectivity index (χ4v) is 2.94. The van der Waals surface area contributed by atoms with Gasteiger partial charge in [-0.1, -0.05) is 30.5 Å². The molecule has 1 aromatic rings. The summed E-state index contributed by atoms with van der Waals surface area (Å²) in [6, 6.07) is 5.72. The second-order valence-electron chi connectivity index (χ2n) is 4.85. The Labute approximate surface area is 118 Å². The highest BCUT2D eigenvalue weighted by atomic mass is 35.5. The number of rotatable bonds is 3. The number of carbonyl (C=O) groups excluding carboxylic acids is 1. The van der Waals surface area contributed by atoms with Gasteiger partial charge in [-0.05, 0) is 43.0 Å². The van der Waals surface area contributed by atoms with Crippen LogP contribution in [0.1, 0.15) is 42.2 Å². The van der Waals surface area contributed by atoms with Crippen molar-refractivity contribution in [3.8, 4) is 0 Å². The molecule has 1 unspecified atom stereocenters. The summed E-state index contributed by atoms with van der Waals surface area (Å²) >= 11 is 12.1. The van der Waals surface area contributed by atoms with Gasteiger partial charge in [0.15, 0.2) is 0 Å². The van der Waals surface area contributed by atoms with E-state index in [1.807, 2.05) is 19.1 Å². The molecule has 0 saturated heterocycles. The van der Waals surface area contributed by atoms with Gasteiger partial charge in [0, 0.05) is 11.1 Å². The van der Waals surface area contributed by atoms with E-state index in [4.69, 9.17) is 23.2 Å². The number of alkyl halides is 1. The SMILES string of the molecule is Cc1cc(Cl)ccc1C(Cl)C(=O)NC1CCCC1. The molecule has 0 spiro atoms.